The number of carbonyl (C=O) groups excluding carboxylic acids is 2. The van der Waals surface area contributed by atoms with Gasteiger partial charge in [0.25, 0.3) is 0 Å². The van der Waals surface area contributed by atoms with Crippen molar-refractivity contribution in [2.75, 3.05) is 0 Å². The number of imide groups is 1. The van der Waals surface area contributed by atoms with Crippen molar-refractivity contribution in [1.29, 1.82) is 0 Å². The topological polar surface area (TPSA) is 68.2 Å². The van der Waals surface area contributed by atoms with Crippen LogP contribution in [0.15, 0.2) is 23.0 Å². The SMILES string of the molecule is O=C1CCC(n2[se]c3cc(Cl)ccc3c2=O)C(=O)N1. The Bertz CT molecular complexity index is 749. The van der Waals surface area contributed by atoms with Crippen LogP contribution in [0, 0.1) is 0 Å². The molecule has 3 rings (SSSR count). The molecule has 19 heavy (non-hydrogen) atoms. The van der Waals surface area contributed by atoms with Crippen LogP contribution >= 0.6 is 11.6 Å². The van der Waals surface area contributed by atoms with Crippen LogP contribution in [0.3, 0.4) is 0 Å². The first kappa shape index (κ1) is 12.7. The molecule has 1 aliphatic heterocycles. The van der Waals surface area contributed by atoms with E-state index in [1.54, 1.807) is 21.8 Å². The number of fused-ring (bicyclic) bond motifs is 1. The van der Waals surface area contributed by atoms with E-state index in [-0.39, 0.29) is 38.5 Å². The Morgan fingerprint density at radius 1 is 1.32 bits per heavy atom. The van der Waals surface area contributed by atoms with E-state index in [0.717, 1.165) is 4.26 Å². The number of aromatic nitrogens is 1. The monoisotopic (exact) mass is 344 g/mol. The zero-order valence-electron chi connectivity index (χ0n) is 9.68. The molecular weight excluding hydrogens is 335 g/mol. The molecule has 1 fully saturated rings. The Labute approximate surface area is 119 Å². The molecule has 1 saturated heterocycles. The van der Waals surface area contributed by atoms with Crippen molar-refractivity contribution >= 4 is 47.8 Å². The maximum atomic E-state index is 12.3. The van der Waals surface area contributed by atoms with Gasteiger partial charge < -0.3 is 0 Å². The van der Waals surface area contributed by atoms with E-state index in [0.29, 0.717) is 16.8 Å². The van der Waals surface area contributed by atoms with Gasteiger partial charge in [-0.25, -0.2) is 0 Å². The third-order valence-electron chi connectivity index (χ3n) is 3.06. The van der Waals surface area contributed by atoms with E-state index in [4.69, 9.17) is 11.6 Å². The molecule has 0 bridgehead atoms. The predicted molar refractivity (Wildman–Crippen MR) is 71.6 cm³/mol. The molecule has 1 aromatic heterocycles. The zero-order valence-corrected chi connectivity index (χ0v) is 12.2. The number of nitrogens with zero attached hydrogens (tertiary/aromatic N) is 1. The van der Waals surface area contributed by atoms with Gasteiger partial charge in [-0.1, -0.05) is 0 Å². The second-order valence-electron chi connectivity index (χ2n) is 4.33. The minimum atomic E-state index is -0.545. The molecule has 0 spiro atoms. The number of carbonyl (C=O) groups is 2. The molecule has 2 amide bonds. The molecule has 0 aliphatic carbocycles. The van der Waals surface area contributed by atoms with Gasteiger partial charge in [0.15, 0.2) is 0 Å². The first-order valence-electron chi connectivity index (χ1n) is 5.71. The van der Waals surface area contributed by atoms with Crippen molar-refractivity contribution in [2.24, 2.45) is 0 Å². The Morgan fingerprint density at radius 2 is 2.11 bits per heavy atom. The summed E-state index contributed by atoms with van der Waals surface area (Å²) in [7, 11) is 0. The molecule has 98 valence electrons. The molecule has 1 unspecified atom stereocenters. The van der Waals surface area contributed by atoms with Crippen LogP contribution in [-0.2, 0) is 9.59 Å². The van der Waals surface area contributed by atoms with Gasteiger partial charge in [-0.05, 0) is 0 Å². The third-order valence-corrected chi connectivity index (χ3v) is 5.72. The van der Waals surface area contributed by atoms with E-state index < -0.39 is 6.04 Å². The van der Waals surface area contributed by atoms with Gasteiger partial charge in [0.05, 0.1) is 0 Å². The molecule has 1 N–H and O–H groups in total. The summed E-state index contributed by atoms with van der Waals surface area (Å²) < 4.78 is 2.45. The molecule has 7 heteroatoms. The van der Waals surface area contributed by atoms with Crippen LogP contribution in [0.4, 0.5) is 0 Å². The number of hydrogen-bond acceptors (Lipinski definition) is 3. The van der Waals surface area contributed by atoms with E-state index in [1.165, 1.54) is 0 Å². The number of halogens is 1. The van der Waals surface area contributed by atoms with Gasteiger partial charge in [-0.3, -0.25) is 0 Å². The average molecular weight is 344 g/mol. The normalized spacial score (nSPS) is 19.7. The Morgan fingerprint density at radius 3 is 2.84 bits per heavy atom. The van der Waals surface area contributed by atoms with Gasteiger partial charge in [0.2, 0.25) is 0 Å². The maximum absolute atomic E-state index is 12.3. The number of amides is 2. The standard InChI is InChI=1S/C12H9ClN2O3Se/c13-6-1-2-7-9(5-6)19-15(12(7)18)8-3-4-10(16)14-11(8)17/h1-2,5,8H,3-4H2,(H,14,16,17). The molecule has 1 atom stereocenters. The van der Waals surface area contributed by atoms with Crippen molar-refractivity contribution < 1.29 is 9.59 Å². The Kier molecular flexibility index (Phi) is 3.09. The van der Waals surface area contributed by atoms with Gasteiger partial charge in [0.1, 0.15) is 0 Å². The van der Waals surface area contributed by atoms with Gasteiger partial charge >= 0.3 is 119 Å². The van der Waals surface area contributed by atoms with Crippen LogP contribution < -0.4 is 10.9 Å². The van der Waals surface area contributed by atoms with Crippen LogP contribution in [-0.4, -0.2) is 30.1 Å². The number of nitrogens with one attached hydrogen (secondary N) is 1. The summed E-state index contributed by atoms with van der Waals surface area (Å²) in [5, 5.41) is 3.46. The molecule has 0 saturated carbocycles. The van der Waals surface area contributed by atoms with E-state index in [1.807, 2.05) is 0 Å². The van der Waals surface area contributed by atoms with E-state index >= 15 is 0 Å². The Hall–Kier alpha value is -1.36. The summed E-state index contributed by atoms with van der Waals surface area (Å²) in [5.41, 5.74) is -0.152. The summed E-state index contributed by atoms with van der Waals surface area (Å²) in [4.78, 5) is 35.2. The predicted octanol–water partition coefficient (Wildman–Crippen LogP) is 0.690. The number of hydrogen-bond donors (Lipinski definition) is 1. The fraction of sp³-hybridized carbons (Fsp3) is 0.250. The second kappa shape index (κ2) is 4.63. The second-order valence-corrected chi connectivity index (χ2v) is 6.90. The van der Waals surface area contributed by atoms with Crippen molar-refractivity contribution in [3.05, 3.63) is 33.6 Å². The van der Waals surface area contributed by atoms with E-state index in [2.05, 4.69) is 5.32 Å². The van der Waals surface area contributed by atoms with Crippen LogP contribution in [0.5, 0.6) is 0 Å². The first-order valence-corrected chi connectivity index (χ1v) is 7.71. The fourth-order valence-electron chi connectivity index (χ4n) is 2.13. The summed E-state index contributed by atoms with van der Waals surface area (Å²) in [6.07, 6.45) is 0.660. The summed E-state index contributed by atoms with van der Waals surface area (Å²) >= 11 is 5.64. The van der Waals surface area contributed by atoms with E-state index in [9.17, 15) is 14.4 Å². The average Bonchev–Trinajstić information content (AvgIpc) is 2.66. The summed E-state index contributed by atoms with van der Waals surface area (Å²) in [6, 6.07) is 4.58. The van der Waals surface area contributed by atoms with Crippen molar-refractivity contribution in [2.45, 2.75) is 18.9 Å². The molecule has 5 nitrogen and oxygen atoms in total. The molecular formula is C12H9ClN2O3Se. The number of piperidine rings is 1. The quantitative estimate of drug-likeness (QED) is 0.612. The summed E-state index contributed by atoms with van der Waals surface area (Å²) in [5.74, 6) is -0.661. The molecule has 1 aliphatic rings. The first-order chi connectivity index (χ1) is 9.06. The Balaban J connectivity index is 2.10. The molecule has 2 aromatic rings. The summed E-state index contributed by atoms with van der Waals surface area (Å²) in [6.45, 7) is 0. The fourth-order valence-corrected chi connectivity index (χ4v) is 4.87. The number of rotatable bonds is 1. The van der Waals surface area contributed by atoms with Gasteiger partial charge in [0, 0.05) is 0 Å². The van der Waals surface area contributed by atoms with Crippen molar-refractivity contribution in [3.8, 4) is 0 Å². The third kappa shape index (κ3) is 2.16. The molecule has 1 aromatic carbocycles. The minimum absolute atomic E-state index is 0.152. The van der Waals surface area contributed by atoms with Gasteiger partial charge in [-0.2, -0.15) is 0 Å². The van der Waals surface area contributed by atoms with Crippen LogP contribution in [0.2, 0.25) is 5.02 Å². The molecule has 2 heterocycles. The van der Waals surface area contributed by atoms with Gasteiger partial charge in [-0.15, -0.1) is 0 Å². The van der Waals surface area contributed by atoms with Crippen LogP contribution in [0.25, 0.3) is 9.65 Å². The van der Waals surface area contributed by atoms with Crippen LogP contribution in [0.1, 0.15) is 18.9 Å². The van der Waals surface area contributed by atoms with Crippen molar-refractivity contribution in [3.63, 3.8) is 0 Å². The number of benzene rings is 1. The zero-order chi connectivity index (χ0) is 13.6. The van der Waals surface area contributed by atoms with Crippen molar-refractivity contribution in [1.82, 2.24) is 8.88 Å². The molecule has 0 radical (unpaired) electrons.